The number of carbonyl (C=O) groups is 3. The molecule has 1 aliphatic carbocycles. The van der Waals surface area contributed by atoms with E-state index in [9.17, 15) is 14.4 Å². The third-order valence-electron chi connectivity index (χ3n) is 4.85. The molecule has 0 atom stereocenters. The second-order valence-electron chi connectivity index (χ2n) is 6.77. The van der Waals surface area contributed by atoms with Gasteiger partial charge in [-0.2, -0.15) is 0 Å². The van der Waals surface area contributed by atoms with Crippen molar-refractivity contribution in [3.05, 3.63) is 29.8 Å². The summed E-state index contributed by atoms with van der Waals surface area (Å²) in [5.74, 6) is -0.521. The largest absolute Gasteiger partial charge is 0.494 e. The summed E-state index contributed by atoms with van der Waals surface area (Å²) >= 11 is 0. The predicted molar refractivity (Wildman–Crippen MR) is 105 cm³/mol. The summed E-state index contributed by atoms with van der Waals surface area (Å²) in [4.78, 5) is 38.1. The monoisotopic (exact) mass is 390 g/mol. The van der Waals surface area contributed by atoms with E-state index in [1.54, 1.807) is 29.2 Å². The van der Waals surface area contributed by atoms with E-state index in [1.807, 2.05) is 13.8 Å². The van der Waals surface area contributed by atoms with E-state index in [-0.39, 0.29) is 31.0 Å². The highest BCUT2D eigenvalue weighted by Gasteiger charge is 2.24. The highest BCUT2D eigenvalue weighted by Crippen LogP contribution is 2.22. The average Bonchev–Trinajstić information content (AvgIpc) is 2.72. The first kappa shape index (κ1) is 21.7. The molecule has 1 aromatic rings. The van der Waals surface area contributed by atoms with Crippen LogP contribution in [0, 0.1) is 0 Å². The molecule has 0 aliphatic heterocycles. The standard InChI is InChI=1S/C21H30N2O5/c1-3-23(17-8-6-5-7-9-17)19(24)15-28-20(25)14-22-21(26)16-10-12-18(13-11-16)27-4-2/h10-13,17H,3-9,14-15H2,1-2H3,(H,22,26). The molecular formula is C21H30N2O5. The van der Waals surface area contributed by atoms with Crippen LogP contribution in [-0.2, 0) is 14.3 Å². The van der Waals surface area contributed by atoms with Crippen molar-refractivity contribution in [3.63, 3.8) is 0 Å². The van der Waals surface area contributed by atoms with Crippen LogP contribution in [0.2, 0.25) is 0 Å². The molecule has 0 heterocycles. The minimum absolute atomic E-state index is 0.180. The lowest BCUT2D eigenvalue weighted by atomic mass is 9.94. The van der Waals surface area contributed by atoms with E-state index in [0.717, 1.165) is 25.7 Å². The summed E-state index contributed by atoms with van der Waals surface area (Å²) in [5.41, 5.74) is 0.418. The van der Waals surface area contributed by atoms with Crippen LogP contribution >= 0.6 is 0 Å². The molecule has 0 aromatic heterocycles. The summed E-state index contributed by atoms with van der Waals surface area (Å²) in [6.45, 7) is 4.40. The molecule has 1 saturated carbocycles. The van der Waals surface area contributed by atoms with Gasteiger partial charge in [0.05, 0.1) is 6.61 Å². The van der Waals surface area contributed by atoms with Gasteiger partial charge in [-0.1, -0.05) is 19.3 Å². The van der Waals surface area contributed by atoms with Gasteiger partial charge < -0.3 is 19.7 Å². The minimum Gasteiger partial charge on any atom is -0.494 e. The molecule has 1 aliphatic rings. The van der Waals surface area contributed by atoms with Crippen molar-refractivity contribution in [2.75, 3.05) is 26.3 Å². The van der Waals surface area contributed by atoms with Crippen LogP contribution in [0.5, 0.6) is 5.75 Å². The number of nitrogens with one attached hydrogen (secondary N) is 1. The van der Waals surface area contributed by atoms with Crippen LogP contribution < -0.4 is 10.1 Å². The summed E-state index contributed by atoms with van der Waals surface area (Å²) in [7, 11) is 0. The number of ether oxygens (including phenoxy) is 2. The van der Waals surface area contributed by atoms with Crippen LogP contribution in [0.1, 0.15) is 56.3 Å². The molecule has 0 radical (unpaired) electrons. The smallest absolute Gasteiger partial charge is 0.325 e. The molecule has 2 rings (SSSR count). The van der Waals surface area contributed by atoms with Gasteiger partial charge in [-0.3, -0.25) is 14.4 Å². The Morgan fingerprint density at radius 2 is 1.75 bits per heavy atom. The molecule has 0 spiro atoms. The first-order valence-electron chi connectivity index (χ1n) is 10.0. The fraction of sp³-hybridized carbons (Fsp3) is 0.571. The van der Waals surface area contributed by atoms with E-state index in [4.69, 9.17) is 9.47 Å². The lowest BCUT2D eigenvalue weighted by Crippen LogP contribution is -2.43. The molecule has 0 bridgehead atoms. The van der Waals surface area contributed by atoms with E-state index < -0.39 is 5.97 Å². The maximum atomic E-state index is 12.4. The Balaban J connectivity index is 1.73. The number of esters is 1. The molecular weight excluding hydrogens is 360 g/mol. The molecule has 154 valence electrons. The molecule has 1 N–H and O–H groups in total. The van der Waals surface area contributed by atoms with Crippen LogP contribution in [0.15, 0.2) is 24.3 Å². The van der Waals surface area contributed by atoms with Crippen molar-refractivity contribution >= 4 is 17.8 Å². The number of nitrogens with zero attached hydrogens (tertiary/aromatic N) is 1. The summed E-state index contributed by atoms with van der Waals surface area (Å²) in [5, 5.41) is 2.50. The number of hydrogen-bond acceptors (Lipinski definition) is 5. The van der Waals surface area contributed by atoms with Crippen LogP contribution in [0.3, 0.4) is 0 Å². The van der Waals surface area contributed by atoms with Crippen molar-refractivity contribution in [2.24, 2.45) is 0 Å². The quantitative estimate of drug-likeness (QED) is 0.655. The van der Waals surface area contributed by atoms with Gasteiger partial charge in [0.25, 0.3) is 11.8 Å². The first-order chi connectivity index (χ1) is 13.5. The predicted octanol–water partition coefficient (Wildman–Crippen LogP) is 2.54. The molecule has 7 heteroatoms. The zero-order valence-electron chi connectivity index (χ0n) is 16.7. The Bertz CT molecular complexity index is 653. The van der Waals surface area contributed by atoms with E-state index in [2.05, 4.69) is 5.32 Å². The topological polar surface area (TPSA) is 84.9 Å². The second kappa shape index (κ2) is 11.3. The molecule has 0 saturated heterocycles. The maximum Gasteiger partial charge on any atom is 0.325 e. The van der Waals surface area contributed by atoms with E-state index in [1.165, 1.54) is 6.42 Å². The normalized spacial score (nSPS) is 14.2. The highest BCUT2D eigenvalue weighted by molar-refractivity contribution is 5.96. The number of hydrogen-bond donors (Lipinski definition) is 1. The zero-order chi connectivity index (χ0) is 20.4. The lowest BCUT2D eigenvalue weighted by molar-refractivity contribution is -0.152. The Hall–Kier alpha value is -2.57. The van der Waals surface area contributed by atoms with E-state index >= 15 is 0 Å². The van der Waals surface area contributed by atoms with E-state index in [0.29, 0.717) is 24.5 Å². The second-order valence-corrected chi connectivity index (χ2v) is 6.77. The Labute approximate surface area is 166 Å². The van der Waals surface area contributed by atoms with Gasteiger partial charge in [-0.15, -0.1) is 0 Å². The molecule has 0 unspecified atom stereocenters. The third kappa shape index (κ3) is 6.55. The van der Waals surface area contributed by atoms with Crippen LogP contribution in [0.25, 0.3) is 0 Å². The molecule has 1 aromatic carbocycles. The van der Waals surface area contributed by atoms with Crippen molar-refractivity contribution < 1.29 is 23.9 Å². The highest BCUT2D eigenvalue weighted by atomic mass is 16.5. The summed E-state index contributed by atoms with van der Waals surface area (Å²) in [6, 6.07) is 6.88. The average molecular weight is 390 g/mol. The first-order valence-corrected chi connectivity index (χ1v) is 10.0. The number of benzene rings is 1. The van der Waals surface area contributed by atoms with Gasteiger partial charge in [-0.25, -0.2) is 0 Å². The van der Waals surface area contributed by atoms with Crippen molar-refractivity contribution in [3.8, 4) is 5.75 Å². The Kier molecular flexibility index (Phi) is 8.78. The van der Waals surface area contributed by atoms with Crippen molar-refractivity contribution in [1.82, 2.24) is 10.2 Å². The maximum absolute atomic E-state index is 12.4. The third-order valence-corrected chi connectivity index (χ3v) is 4.85. The fourth-order valence-corrected chi connectivity index (χ4v) is 3.43. The molecule has 1 fully saturated rings. The number of likely N-dealkylation sites (N-methyl/N-ethyl adjacent to an activating group) is 1. The van der Waals surface area contributed by atoms with Gasteiger partial charge in [0, 0.05) is 18.2 Å². The Morgan fingerprint density at radius 3 is 2.36 bits per heavy atom. The van der Waals surface area contributed by atoms with Crippen LogP contribution in [0.4, 0.5) is 0 Å². The van der Waals surface area contributed by atoms with Crippen LogP contribution in [-0.4, -0.2) is 55.0 Å². The zero-order valence-corrected chi connectivity index (χ0v) is 16.7. The lowest BCUT2D eigenvalue weighted by Gasteiger charge is -2.33. The minimum atomic E-state index is -0.632. The molecule has 2 amide bonds. The van der Waals surface area contributed by atoms with Crippen molar-refractivity contribution in [2.45, 2.75) is 52.0 Å². The molecule has 7 nitrogen and oxygen atoms in total. The number of carbonyl (C=O) groups excluding carboxylic acids is 3. The van der Waals surface area contributed by atoms with Gasteiger partial charge in [0.2, 0.25) is 0 Å². The van der Waals surface area contributed by atoms with Gasteiger partial charge in [-0.05, 0) is 51.0 Å². The summed E-state index contributed by atoms with van der Waals surface area (Å²) in [6.07, 6.45) is 5.49. The van der Waals surface area contributed by atoms with Crippen molar-refractivity contribution in [1.29, 1.82) is 0 Å². The molecule has 28 heavy (non-hydrogen) atoms. The Morgan fingerprint density at radius 1 is 1.07 bits per heavy atom. The van der Waals surface area contributed by atoms with Gasteiger partial charge in [0.15, 0.2) is 6.61 Å². The number of amides is 2. The fourth-order valence-electron chi connectivity index (χ4n) is 3.43. The SMILES string of the molecule is CCOc1ccc(C(=O)NCC(=O)OCC(=O)N(CC)C2CCCCC2)cc1. The van der Waals surface area contributed by atoms with Gasteiger partial charge in [0.1, 0.15) is 12.3 Å². The van der Waals surface area contributed by atoms with Gasteiger partial charge >= 0.3 is 5.97 Å². The summed E-state index contributed by atoms with van der Waals surface area (Å²) < 4.78 is 10.4. The number of rotatable bonds is 9.